The fourth-order valence-electron chi connectivity index (χ4n) is 3.84. The van der Waals surface area contributed by atoms with Crippen LogP contribution in [0.15, 0.2) is 53.9 Å². The Morgan fingerprint density at radius 3 is 2.78 bits per heavy atom. The molecule has 0 saturated carbocycles. The lowest BCUT2D eigenvalue weighted by Gasteiger charge is -2.23. The average Bonchev–Trinajstić information content (AvgIpc) is 3.47. The number of amides is 2. The second-order valence-electron chi connectivity index (χ2n) is 7.65. The van der Waals surface area contributed by atoms with Crippen LogP contribution in [-0.4, -0.2) is 29.6 Å². The topological polar surface area (TPSA) is 77.1 Å². The first-order valence-corrected chi connectivity index (χ1v) is 11.3. The number of benzene rings is 2. The SMILES string of the molecule is CCC1Oc2ccc(NC(=O)c3cccs3)cc2CN(Cc2ccc3c(c2)OCO3)C1=O. The van der Waals surface area contributed by atoms with Gasteiger partial charge in [-0.2, -0.15) is 0 Å². The first-order valence-electron chi connectivity index (χ1n) is 10.4. The molecule has 0 bridgehead atoms. The molecular weight excluding hydrogens is 428 g/mol. The van der Waals surface area contributed by atoms with Crippen molar-refractivity contribution >= 4 is 28.8 Å². The van der Waals surface area contributed by atoms with Crippen LogP contribution >= 0.6 is 11.3 Å². The lowest BCUT2D eigenvalue weighted by atomic mass is 10.1. The second-order valence-corrected chi connectivity index (χ2v) is 8.60. The number of thiophene rings is 1. The summed E-state index contributed by atoms with van der Waals surface area (Å²) in [5.41, 5.74) is 2.46. The van der Waals surface area contributed by atoms with E-state index in [4.69, 9.17) is 14.2 Å². The molecule has 0 aliphatic carbocycles. The van der Waals surface area contributed by atoms with Gasteiger partial charge in [0.05, 0.1) is 4.88 Å². The average molecular weight is 451 g/mol. The number of hydrogen-bond acceptors (Lipinski definition) is 6. The monoisotopic (exact) mass is 450 g/mol. The molecule has 164 valence electrons. The minimum Gasteiger partial charge on any atom is -0.480 e. The minimum absolute atomic E-state index is 0.0643. The molecule has 2 aliphatic heterocycles. The van der Waals surface area contributed by atoms with E-state index in [0.717, 1.165) is 11.1 Å². The van der Waals surface area contributed by atoms with E-state index >= 15 is 0 Å². The van der Waals surface area contributed by atoms with Gasteiger partial charge in [-0.1, -0.05) is 19.1 Å². The van der Waals surface area contributed by atoms with Crippen molar-refractivity contribution in [1.29, 1.82) is 0 Å². The van der Waals surface area contributed by atoms with Crippen LogP contribution in [0.2, 0.25) is 0 Å². The van der Waals surface area contributed by atoms with Crippen molar-refractivity contribution in [3.63, 3.8) is 0 Å². The zero-order chi connectivity index (χ0) is 22.1. The zero-order valence-electron chi connectivity index (χ0n) is 17.5. The number of hydrogen-bond donors (Lipinski definition) is 1. The maximum atomic E-state index is 13.2. The van der Waals surface area contributed by atoms with Crippen LogP contribution in [0.4, 0.5) is 5.69 Å². The van der Waals surface area contributed by atoms with Crippen molar-refractivity contribution in [1.82, 2.24) is 4.90 Å². The van der Waals surface area contributed by atoms with E-state index in [9.17, 15) is 9.59 Å². The molecule has 1 atom stereocenters. The smallest absolute Gasteiger partial charge is 0.265 e. The Balaban J connectivity index is 1.40. The lowest BCUT2D eigenvalue weighted by molar-refractivity contribution is -0.139. The molecule has 3 heterocycles. The molecule has 0 saturated heterocycles. The van der Waals surface area contributed by atoms with Crippen LogP contribution in [-0.2, 0) is 17.9 Å². The molecular formula is C24H22N2O5S. The molecule has 2 aliphatic rings. The molecule has 7 nitrogen and oxygen atoms in total. The largest absolute Gasteiger partial charge is 0.480 e. The number of fused-ring (bicyclic) bond motifs is 2. The van der Waals surface area contributed by atoms with Gasteiger partial charge in [0.1, 0.15) is 5.75 Å². The molecule has 0 radical (unpaired) electrons. The molecule has 1 unspecified atom stereocenters. The van der Waals surface area contributed by atoms with Crippen LogP contribution in [0, 0.1) is 0 Å². The summed E-state index contributed by atoms with van der Waals surface area (Å²) in [4.78, 5) is 28.0. The fraction of sp³-hybridized carbons (Fsp3) is 0.250. The van der Waals surface area contributed by atoms with Gasteiger partial charge >= 0.3 is 0 Å². The molecule has 3 aromatic rings. The summed E-state index contributed by atoms with van der Waals surface area (Å²) in [7, 11) is 0. The zero-order valence-corrected chi connectivity index (χ0v) is 18.3. The van der Waals surface area contributed by atoms with Crippen molar-refractivity contribution in [2.45, 2.75) is 32.5 Å². The predicted molar refractivity (Wildman–Crippen MR) is 120 cm³/mol. The highest BCUT2D eigenvalue weighted by Gasteiger charge is 2.30. The molecule has 5 rings (SSSR count). The summed E-state index contributed by atoms with van der Waals surface area (Å²) in [6.45, 7) is 2.94. The Bertz CT molecular complexity index is 1160. The van der Waals surface area contributed by atoms with Crippen LogP contribution in [0.1, 0.15) is 34.1 Å². The number of rotatable bonds is 5. The number of ether oxygens (including phenoxy) is 3. The van der Waals surface area contributed by atoms with Crippen molar-refractivity contribution in [2.75, 3.05) is 12.1 Å². The Labute approximate surface area is 189 Å². The summed E-state index contributed by atoms with van der Waals surface area (Å²) in [5, 5.41) is 4.79. The molecule has 1 N–H and O–H groups in total. The summed E-state index contributed by atoms with van der Waals surface area (Å²) >= 11 is 1.39. The number of nitrogens with one attached hydrogen (secondary N) is 1. The summed E-state index contributed by atoms with van der Waals surface area (Å²) in [6, 6.07) is 14.8. The van der Waals surface area contributed by atoms with Gasteiger partial charge in [-0.05, 0) is 53.8 Å². The number of carbonyl (C=O) groups is 2. The molecule has 8 heteroatoms. The van der Waals surface area contributed by atoms with Crippen LogP contribution in [0.5, 0.6) is 17.2 Å². The van der Waals surface area contributed by atoms with Crippen molar-refractivity contribution in [3.8, 4) is 17.2 Å². The molecule has 32 heavy (non-hydrogen) atoms. The molecule has 2 amide bonds. The van der Waals surface area contributed by atoms with E-state index in [1.165, 1.54) is 11.3 Å². The maximum Gasteiger partial charge on any atom is 0.265 e. The molecule has 2 aromatic carbocycles. The van der Waals surface area contributed by atoms with E-state index in [0.29, 0.717) is 47.3 Å². The van der Waals surface area contributed by atoms with E-state index in [1.807, 2.05) is 48.7 Å². The number of anilines is 1. The third-order valence-corrected chi connectivity index (χ3v) is 6.33. The van der Waals surface area contributed by atoms with Crippen LogP contribution < -0.4 is 19.5 Å². The van der Waals surface area contributed by atoms with Crippen LogP contribution in [0.25, 0.3) is 0 Å². The third-order valence-electron chi connectivity index (χ3n) is 5.46. The third kappa shape index (κ3) is 4.01. The van der Waals surface area contributed by atoms with Gasteiger partial charge < -0.3 is 24.4 Å². The predicted octanol–water partition coefficient (Wildman–Crippen LogP) is 4.43. The standard InChI is InChI=1S/C24H22N2O5S/c1-2-18-24(28)26(12-15-5-7-20-21(10-15)30-14-29-20)13-16-11-17(6-8-19(16)31-18)25-23(27)22-4-3-9-32-22/h3-11,18H,2,12-14H2,1H3,(H,25,27). The first kappa shape index (κ1) is 20.4. The Morgan fingerprint density at radius 1 is 1.12 bits per heavy atom. The molecule has 0 fully saturated rings. The quantitative estimate of drug-likeness (QED) is 0.622. The first-order chi connectivity index (χ1) is 15.6. The highest BCUT2D eigenvalue weighted by atomic mass is 32.1. The van der Waals surface area contributed by atoms with Crippen molar-refractivity contribution in [3.05, 3.63) is 69.9 Å². The Hall–Kier alpha value is -3.52. The normalized spacial score (nSPS) is 16.8. The van der Waals surface area contributed by atoms with Gasteiger partial charge in [0, 0.05) is 24.3 Å². The van der Waals surface area contributed by atoms with Gasteiger partial charge in [0.2, 0.25) is 6.79 Å². The lowest BCUT2D eigenvalue weighted by Crippen LogP contribution is -2.38. The molecule has 0 spiro atoms. The van der Waals surface area contributed by atoms with E-state index in [1.54, 1.807) is 17.0 Å². The van der Waals surface area contributed by atoms with Crippen molar-refractivity contribution in [2.24, 2.45) is 0 Å². The second kappa shape index (κ2) is 8.55. The number of nitrogens with zero attached hydrogens (tertiary/aromatic N) is 1. The fourth-order valence-corrected chi connectivity index (χ4v) is 4.46. The number of carbonyl (C=O) groups excluding carboxylic acids is 2. The maximum absolute atomic E-state index is 13.2. The minimum atomic E-state index is -0.558. The van der Waals surface area contributed by atoms with Gasteiger partial charge in [0.25, 0.3) is 11.8 Å². The summed E-state index contributed by atoms with van der Waals surface area (Å²) < 4.78 is 16.9. The van der Waals surface area contributed by atoms with E-state index in [2.05, 4.69) is 5.32 Å². The Kier molecular flexibility index (Phi) is 5.45. The van der Waals surface area contributed by atoms with E-state index < -0.39 is 6.10 Å². The van der Waals surface area contributed by atoms with Gasteiger partial charge in [-0.25, -0.2) is 0 Å². The van der Waals surface area contributed by atoms with Gasteiger partial charge in [-0.15, -0.1) is 11.3 Å². The van der Waals surface area contributed by atoms with Crippen LogP contribution in [0.3, 0.4) is 0 Å². The summed E-state index contributed by atoms with van der Waals surface area (Å²) in [6.07, 6.45) is 0.00378. The van der Waals surface area contributed by atoms with E-state index in [-0.39, 0.29) is 18.6 Å². The van der Waals surface area contributed by atoms with Crippen molar-refractivity contribution < 1.29 is 23.8 Å². The highest BCUT2D eigenvalue weighted by Crippen LogP contribution is 2.34. The van der Waals surface area contributed by atoms with Gasteiger partial charge in [0.15, 0.2) is 17.6 Å². The summed E-state index contributed by atoms with van der Waals surface area (Å²) in [5.74, 6) is 1.83. The highest BCUT2D eigenvalue weighted by molar-refractivity contribution is 7.12. The Morgan fingerprint density at radius 2 is 1.97 bits per heavy atom. The molecule has 1 aromatic heterocycles. The van der Waals surface area contributed by atoms with Gasteiger partial charge in [-0.3, -0.25) is 9.59 Å².